The van der Waals surface area contributed by atoms with E-state index in [0.29, 0.717) is 29.2 Å². The van der Waals surface area contributed by atoms with Gasteiger partial charge in [0.25, 0.3) is 17.7 Å². The van der Waals surface area contributed by atoms with Gasteiger partial charge in [-0.15, -0.1) is 0 Å². The maximum Gasteiger partial charge on any atom is 0.273 e. The minimum Gasteiger partial charge on any atom is -0.490 e. The molecule has 0 aliphatic rings. The quantitative estimate of drug-likeness (QED) is 0.235. The first-order valence-corrected chi connectivity index (χ1v) is 11.6. The largest absolute Gasteiger partial charge is 0.490 e. The highest BCUT2D eigenvalue weighted by molar-refractivity contribution is 6.04. The maximum atomic E-state index is 12.7. The highest BCUT2D eigenvalue weighted by Crippen LogP contribution is 2.18. The number of carbonyl (C=O) groups excluding carboxylic acids is 3. The van der Waals surface area contributed by atoms with Crippen LogP contribution in [-0.4, -0.2) is 30.9 Å². The van der Waals surface area contributed by atoms with E-state index >= 15 is 0 Å². The first kappa shape index (κ1) is 25.0. The van der Waals surface area contributed by atoms with Gasteiger partial charge in [-0.25, -0.2) is 0 Å². The Morgan fingerprint density at radius 1 is 0.541 bits per heavy atom. The average molecular weight is 496 g/mol. The van der Waals surface area contributed by atoms with Crippen molar-refractivity contribution in [3.63, 3.8) is 0 Å². The number of hydrogen-bond acceptors (Lipinski definition) is 5. The zero-order valence-electron chi connectivity index (χ0n) is 19.8. The number of amides is 3. The molecule has 0 unspecified atom stereocenters. The van der Waals surface area contributed by atoms with Gasteiger partial charge in [0.15, 0.2) is 0 Å². The molecule has 4 aromatic rings. The summed E-state index contributed by atoms with van der Waals surface area (Å²) in [5.74, 6) is -0.197. The molecule has 4 rings (SSSR count). The predicted molar refractivity (Wildman–Crippen MR) is 140 cm³/mol. The molecule has 8 heteroatoms. The van der Waals surface area contributed by atoms with E-state index in [4.69, 9.17) is 9.47 Å². The van der Waals surface area contributed by atoms with Gasteiger partial charge in [0.2, 0.25) is 0 Å². The zero-order valence-corrected chi connectivity index (χ0v) is 19.8. The van der Waals surface area contributed by atoms with E-state index < -0.39 is 11.8 Å². The molecule has 37 heavy (non-hydrogen) atoms. The summed E-state index contributed by atoms with van der Waals surface area (Å²) in [6.07, 6.45) is 0. The highest BCUT2D eigenvalue weighted by atomic mass is 16.5. The third-order valence-electron chi connectivity index (χ3n) is 5.22. The Morgan fingerprint density at radius 2 is 1.11 bits per heavy atom. The van der Waals surface area contributed by atoms with Gasteiger partial charge >= 0.3 is 0 Å². The smallest absolute Gasteiger partial charge is 0.273 e. The molecule has 186 valence electrons. The van der Waals surface area contributed by atoms with Crippen molar-refractivity contribution in [1.29, 1.82) is 0 Å². The van der Waals surface area contributed by atoms with E-state index in [2.05, 4.69) is 16.2 Å². The van der Waals surface area contributed by atoms with Crippen molar-refractivity contribution in [2.75, 3.05) is 18.5 Å². The minimum absolute atomic E-state index is 0.235. The Balaban J connectivity index is 1.27. The number of nitrogens with one attached hydrogen (secondary N) is 3. The lowest BCUT2D eigenvalue weighted by Gasteiger charge is -2.13. The van der Waals surface area contributed by atoms with E-state index in [1.54, 1.807) is 72.8 Å². The SMILES string of the molecule is O=C(NNC(=O)c1ccccc1OCCOc1ccccc1)c1ccc(NC(=O)c2ccccc2)cc1. The number of rotatable bonds is 9. The van der Waals surface area contributed by atoms with Gasteiger partial charge in [0, 0.05) is 16.8 Å². The van der Waals surface area contributed by atoms with E-state index in [1.165, 1.54) is 0 Å². The van der Waals surface area contributed by atoms with Gasteiger partial charge in [-0.3, -0.25) is 25.2 Å². The van der Waals surface area contributed by atoms with Crippen molar-refractivity contribution in [2.24, 2.45) is 0 Å². The lowest BCUT2D eigenvalue weighted by atomic mass is 10.1. The molecule has 0 spiro atoms. The molecule has 3 N–H and O–H groups in total. The van der Waals surface area contributed by atoms with E-state index in [-0.39, 0.29) is 18.1 Å². The molecule has 0 heterocycles. The monoisotopic (exact) mass is 495 g/mol. The zero-order chi connectivity index (χ0) is 25.9. The summed E-state index contributed by atoms with van der Waals surface area (Å²) < 4.78 is 11.3. The van der Waals surface area contributed by atoms with Gasteiger partial charge in [0.1, 0.15) is 24.7 Å². The molecule has 0 saturated heterocycles. The van der Waals surface area contributed by atoms with Crippen LogP contribution < -0.4 is 25.6 Å². The molecule has 0 saturated carbocycles. The van der Waals surface area contributed by atoms with Gasteiger partial charge in [-0.2, -0.15) is 0 Å². The normalized spacial score (nSPS) is 10.2. The number of hydrazine groups is 1. The fraction of sp³-hybridized carbons (Fsp3) is 0.0690. The van der Waals surface area contributed by atoms with Gasteiger partial charge in [0.05, 0.1) is 5.56 Å². The van der Waals surface area contributed by atoms with Crippen LogP contribution in [0, 0.1) is 0 Å². The number of ether oxygens (including phenoxy) is 2. The molecule has 3 amide bonds. The molecule has 0 aliphatic heterocycles. The first-order valence-electron chi connectivity index (χ1n) is 11.6. The second-order valence-electron chi connectivity index (χ2n) is 7.81. The Hall–Kier alpha value is -5.11. The van der Waals surface area contributed by atoms with Crippen molar-refractivity contribution in [1.82, 2.24) is 10.9 Å². The molecule has 0 fully saturated rings. The van der Waals surface area contributed by atoms with Crippen LogP contribution in [0.1, 0.15) is 31.1 Å². The van der Waals surface area contributed by atoms with Crippen LogP contribution in [0.4, 0.5) is 5.69 Å². The molecule has 0 radical (unpaired) electrons. The fourth-order valence-corrected chi connectivity index (χ4v) is 3.36. The molecular formula is C29H25N3O5. The fourth-order valence-electron chi connectivity index (χ4n) is 3.36. The Kier molecular flexibility index (Phi) is 8.48. The number of benzene rings is 4. The summed E-state index contributed by atoms with van der Waals surface area (Å²) in [6.45, 7) is 0.539. The molecule has 0 aromatic heterocycles. The van der Waals surface area contributed by atoms with Crippen LogP contribution in [0.25, 0.3) is 0 Å². The molecule has 8 nitrogen and oxygen atoms in total. The number of carbonyl (C=O) groups is 3. The Labute approximate surface area is 214 Å². The van der Waals surface area contributed by atoms with E-state index in [0.717, 1.165) is 5.75 Å². The third-order valence-corrected chi connectivity index (χ3v) is 5.22. The van der Waals surface area contributed by atoms with E-state index in [9.17, 15) is 14.4 Å². The van der Waals surface area contributed by atoms with Crippen LogP contribution in [0.3, 0.4) is 0 Å². The van der Waals surface area contributed by atoms with Crippen molar-refractivity contribution >= 4 is 23.4 Å². The summed E-state index contributed by atoms with van der Waals surface area (Å²) in [5.41, 5.74) is 6.43. The third kappa shape index (κ3) is 7.19. The van der Waals surface area contributed by atoms with Crippen molar-refractivity contribution in [3.8, 4) is 11.5 Å². The Morgan fingerprint density at radius 3 is 1.84 bits per heavy atom. The van der Waals surface area contributed by atoms with Crippen LogP contribution in [-0.2, 0) is 0 Å². The van der Waals surface area contributed by atoms with Crippen molar-refractivity contribution < 1.29 is 23.9 Å². The van der Waals surface area contributed by atoms with Crippen LogP contribution >= 0.6 is 0 Å². The molecule has 0 atom stereocenters. The summed E-state index contributed by atoms with van der Waals surface area (Å²) >= 11 is 0. The summed E-state index contributed by atoms with van der Waals surface area (Å²) in [4.78, 5) is 37.5. The number of para-hydroxylation sites is 2. The van der Waals surface area contributed by atoms with Gasteiger partial charge in [-0.05, 0) is 60.7 Å². The van der Waals surface area contributed by atoms with Crippen molar-refractivity contribution in [2.45, 2.75) is 0 Å². The standard InChI is InChI=1S/C29H25N3O5/c33-27(21-9-3-1-4-10-21)30-23-17-15-22(16-18-23)28(34)31-32-29(35)25-13-7-8-14-26(25)37-20-19-36-24-11-5-2-6-12-24/h1-18H,19-20H2,(H,30,33)(H,31,34)(H,32,35). The second kappa shape index (κ2) is 12.6. The number of hydrogen-bond donors (Lipinski definition) is 3. The molecule has 4 aromatic carbocycles. The lowest BCUT2D eigenvalue weighted by Crippen LogP contribution is -2.41. The topological polar surface area (TPSA) is 106 Å². The molecule has 0 aliphatic carbocycles. The van der Waals surface area contributed by atoms with Crippen LogP contribution in [0.2, 0.25) is 0 Å². The molecule has 0 bridgehead atoms. The summed E-state index contributed by atoms with van der Waals surface area (Å²) in [5, 5.41) is 2.77. The van der Waals surface area contributed by atoms with E-state index in [1.807, 2.05) is 36.4 Å². The van der Waals surface area contributed by atoms with Gasteiger partial charge < -0.3 is 14.8 Å². The summed E-state index contributed by atoms with van der Waals surface area (Å²) in [7, 11) is 0. The second-order valence-corrected chi connectivity index (χ2v) is 7.81. The first-order chi connectivity index (χ1) is 18.1. The summed E-state index contributed by atoms with van der Waals surface area (Å²) in [6, 6.07) is 31.2. The minimum atomic E-state index is -0.528. The lowest BCUT2D eigenvalue weighted by molar-refractivity contribution is 0.0844. The molecular weight excluding hydrogens is 470 g/mol. The highest BCUT2D eigenvalue weighted by Gasteiger charge is 2.14. The van der Waals surface area contributed by atoms with Crippen LogP contribution in [0.15, 0.2) is 109 Å². The number of anilines is 1. The maximum absolute atomic E-state index is 12.7. The van der Waals surface area contributed by atoms with Gasteiger partial charge in [-0.1, -0.05) is 48.5 Å². The Bertz CT molecular complexity index is 1340. The average Bonchev–Trinajstić information content (AvgIpc) is 2.95. The predicted octanol–water partition coefficient (Wildman–Crippen LogP) is 4.47. The van der Waals surface area contributed by atoms with Crippen LogP contribution in [0.5, 0.6) is 11.5 Å². The van der Waals surface area contributed by atoms with Crippen molar-refractivity contribution in [3.05, 3.63) is 126 Å².